The van der Waals surface area contributed by atoms with Crippen LogP contribution in [0.4, 0.5) is 5.69 Å². The van der Waals surface area contributed by atoms with Crippen LogP contribution in [-0.4, -0.2) is 0 Å². The summed E-state index contributed by atoms with van der Waals surface area (Å²) in [5, 5.41) is 3.56. The van der Waals surface area contributed by atoms with Crippen molar-refractivity contribution in [3.05, 3.63) is 54.1 Å². The number of fused-ring (bicyclic) bond motifs is 2. The van der Waals surface area contributed by atoms with Crippen LogP contribution in [0.15, 0.2) is 58.3 Å². The lowest BCUT2D eigenvalue weighted by atomic mass is 10.1. The molecule has 3 rings (SSSR count). The lowest BCUT2D eigenvalue weighted by Gasteiger charge is -2.14. The van der Waals surface area contributed by atoms with E-state index in [1.54, 1.807) is 0 Å². The van der Waals surface area contributed by atoms with Crippen molar-refractivity contribution in [2.75, 3.05) is 5.32 Å². The quantitative estimate of drug-likeness (QED) is 0.719. The Balaban J connectivity index is 2.15. The van der Waals surface area contributed by atoms with Gasteiger partial charge in [0.15, 0.2) is 0 Å². The Labute approximate surface area is 99.9 Å². The van der Waals surface area contributed by atoms with Gasteiger partial charge in [0.25, 0.3) is 0 Å². The maximum Gasteiger partial charge on any atom is 0.0497 e. The van der Waals surface area contributed by atoms with Crippen LogP contribution in [0, 0.1) is 0 Å². The standard InChI is InChI=1S/C14H13NS/c1-10-11-6-2-4-8-13(11)16-14-9-5-3-7-12(14)15-10/h2-10,15H,1H3/t10-/m1/s1. The molecular formula is C14H13NS. The maximum atomic E-state index is 3.56. The second-order valence-electron chi connectivity index (χ2n) is 4.00. The minimum atomic E-state index is 0.368. The molecule has 1 nitrogen and oxygen atoms in total. The molecule has 0 fully saturated rings. The molecule has 1 N–H and O–H groups in total. The summed E-state index contributed by atoms with van der Waals surface area (Å²) in [7, 11) is 0. The van der Waals surface area contributed by atoms with Gasteiger partial charge in [-0.1, -0.05) is 42.1 Å². The van der Waals surface area contributed by atoms with Gasteiger partial charge in [-0.25, -0.2) is 0 Å². The van der Waals surface area contributed by atoms with Crippen LogP contribution in [-0.2, 0) is 0 Å². The van der Waals surface area contributed by atoms with E-state index in [4.69, 9.17) is 0 Å². The molecule has 1 atom stereocenters. The summed E-state index contributed by atoms with van der Waals surface area (Å²) < 4.78 is 0. The lowest BCUT2D eigenvalue weighted by molar-refractivity contribution is 0.861. The van der Waals surface area contributed by atoms with Crippen molar-refractivity contribution in [2.24, 2.45) is 0 Å². The molecule has 0 aromatic heterocycles. The summed E-state index contributed by atoms with van der Waals surface area (Å²) in [5.74, 6) is 0. The van der Waals surface area contributed by atoms with E-state index in [-0.39, 0.29) is 0 Å². The average molecular weight is 227 g/mol. The Morgan fingerprint density at radius 1 is 0.938 bits per heavy atom. The third-order valence-corrected chi connectivity index (χ3v) is 4.03. The molecule has 2 aromatic carbocycles. The van der Waals surface area contributed by atoms with E-state index in [1.807, 2.05) is 11.8 Å². The van der Waals surface area contributed by atoms with E-state index >= 15 is 0 Å². The van der Waals surface area contributed by atoms with E-state index in [0.29, 0.717) is 6.04 Å². The largest absolute Gasteiger partial charge is 0.378 e. The minimum absolute atomic E-state index is 0.368. The van der Waals surface area contributed by atoms with Gasteiger partial charge in [0.1, 0.15) is 0 Å². The van der Waals surface area contributed by atoms with Gasteiger partial charge in [0, 0.05) is 21.5 Å². The molecular weight excluding hydrogens is 214 g/mol. The van der Waals surface area contributed by atoms with Crippen molar-refractivity contribution >= 4 is 17.4 Å². The Kier molecular flexibility index (Phi) is 2.37. The first-order valence-corrected chi connectivity index (χ1v) is 6.28. The molecule has 1 heterocycles. The number of benzene rings is 2. The number of hydrogen-bond donors (Lipinski definition) is 1. The predicted molar refractivity (Wildman–Crippen MR) is 69.0 cm³/mol. The van der Waals surface area contributed by atoms with Crippen LogP contribution in [0.5, 0.6) is 0 Å². The molecule has 0 spiro atoms. The Morgan fingerprint density at radius 3 is 2.50 bits per heavy atom. The molecule has 0 amide bonds. The molecule has 80 valence electrons. The van der Waals surface area contributed by atoms with E-state index in [0.717, 1.165) is 0 Å². The van der Waals surface area contributed by atoms with Crippen molar-refractivity contribution in [3.8, 4) is 0 Å². The third-order valence-electron chi connectivity index (χ3n) is 2.86. The zero-order valence-electron chi connectivity index (χ0n) is 9.10. The van der Waals surface area contributed by atoms with E-state index in [2.05, 4.69) is 60.8 Å². The summed E-state index contributed by atoms with van der Waals surface area (Å²) in [6.45, 7) is 2.21. The third kappa shape index (κ3) is 1.59. The average Bonchev–Trinajstić information content (AvgIpc) is 2.45. The normalized spacial score (nSPS) is 17.9. The molecule has 0 saturated carbocycles. The van der Waals surface area contributed by atoms with Gasteiger partial charge in [-0.15, -0.1) is 0 Å². The summed E-state index contributed by atoms with van der Waals surface area (Å²) in [6, 6.07) is 17.5. The molecule has 0 bridgehead atoms. The van der Waals surface area contributed by atoms with E-state index < -0.39 is 0 Å². The number of rotatable bonds is 0. The van der Waals surface area contributed by atoms with E-state index in [1.165, 1.54) is 21.0 Å². The highest BCUT2D eigenvalue weighted by atomic mass is 32.2. The van der Waals surface area contributed by atoms with Crippen LogP contribution in [0.3, 0.4) is 0 Å². The summed E-state index contributed by atoms with van der Waals surface area (Å²) in [6.07, 6.45) is 0. The Hall–Kier alpha value is -1.41. The van der Waals surface area contributed by atoms with E-state index in [9.17, 15) is 0 Å². The zero-order valence-corrected chi connectivity index (χ0v) is 9.92. The monoisotopic (exact) mass is 227 g/mol. The van der Waals surface area contributed by atoms with Crippen molar-refractivity contribution < 1.29 is 0 Å². The van der Waals surface area contributed by atoms with Gasteiger partial charge < -0.3 is 5.32 Å². The predicted octanol–water partition coefficient (Wildman–Crippen LogP) is 4.32. The molecule has 2 heteroatoms. The number of nitrogens with one attached hydrogen (secondary N) is 1. The fourth-order valence-electron chi connectivity index (χ4n) is 2.04. The summed E-state index contributed by atoms with van der Waals surface area (Å²) >= 11 is 1.84. The van der Waals surface area contributed by atoms with Gasteiger partial charge in [-0.3, -0.25) is 0 Å². The highest BCUT2D eigenvalue weighted by Gasteiger charge is 2.17. The number of para-hydroxylation sites is 1. The van der Waals surface area contributed by atoms with Crippen LogP contribution in [0.1, 0.15) is 18.5 Å². The van der Waals surface area contributed by atoms with Crippen LogP contribution in [0.25, 0.3) is 0 Å². The van der Waals surface area contributed by atoms with Crippen LogP contribution >= 0.6 is 11.8 Å². The minimum Gasteiger partial charge on any atom is -0.378 e. The van der Waals surface area contributed by atoms with Crippen LogP contribution < -0.4 is 5.32 Å². The molecule has 1 aliphatic heterocycles. The van der Waals surface area contributed by atoms with Gasteiger partial charge >= 0.3 is 0 Å². The molecule has 0 aliphatic carbocycles. The summed E-state index contributed by atoms with van der Waals surface area (Å²) in [5.41, 5.74) is 2.61. The topological polar surface area (TPSA) is 12.0 Å². The van der Waals surface area contributed by atoms with Gasteiger partial charge in [0.05, 0.1) is 0 Å². The fourth-order valence-corrected chi connectivity index (χ4v) is 3.17. The van der Waals surface area contributed by atoms with Gasteiger partial charge in [-0.05, 0) is 30.7 Å². The molecule has 2 aromatic rings. The lowest BCUT2D eigenvalue weighted by Crippen LogP contribution is -2.05. The highest BCUT2D eigenvalue weighted by molar-refractivity contribution is 7.99. The summed E-state index contributed by atoms with van der Waals surface area (Å²) in [4.78, 5) is 2.66. The first-order valence-electron chi connectivity index (χ1n) is 5.47. The van der Waals surface area contributed by atoms with Crippen LogP contribution in [0.2, 0.25) is 0 Å². The van der Waals surface area contributed by atoms with Gasteiger partial charge in [-0.2, -0.15) is 0 Å². The molecule has 0 unspecified atom stereocenters. The number of hydrogen-bond acceptors (Lipinski definition) is 2. The molecule has 16 heavy (non-hydrogen) atoms. The number of anilines is 1. The SMILES string of the molecule is C[C@H]1Nc2ccccc2Sc2ccccc21. The Morgan fingerprint density at radius 2 is 1.62 bits per heavy atom. The zero-order chi connectivity index (χ0) is 11.0. The molecule has 0 saturated heterocycles. The molecule has 1 aliphatic rings. The second-order valence-corrected chi connectivity index (χ2v) is 5.09. The maximum absolute atomic E-state index is 3.56. The highest BCUT2D eigenvalue weighted by Crippen LogP contribution is 2.41. The Bertz CT molecular complexity index is 522. The van der Waals surface area contributed by atoms with Crippen molar-refractivity contribution in [1.29, 1.82) is 0 Å². The fraction of sp³-hybridized carbons (Fsp3) is 0.143. The first kappa shape index (κ1) is 9.79. The van der Waals surface area contributed by atoms with Gasteiger partial charge in [0.2, 0.25) is 0 Å². The second kappa shape index (κ2) is 3.87. The van der Waals surface area contributed by atoms with Crippen molar-refractivity contribution in [3.63, 3.8) is 0 Å². The van der Waals surface area contributed by atoms with Crippen molar-refractivity contribution in [1.82, 2.24) is 0 Å². The smallest absolute Gasteiger partial charge is 0.0497 e. The van der Waals surface area contributed by atoms with Crippen molar-refractivity contribution in [2.45, 2.75) is 22.8 Å². The molecule has 0 radical (unpaired) electrons. The first-order chi connectivity index (χ1) is 7.84.